The summed E-state index contributed by atoms with van der Waals surface area (Å²) >= 11 is 0. The highest BCUT2D eigenvalue weighted by atomic mass is 16.5. The molecule has 104 valence electrons. The Labute approximate surface area is 117 Å². The van der Waals surface area contributed by atoms with Gasteiger partial charge in [0.2, 0.25) is 5.82 Å². The number of aromatic nitrogens is 2. The largest absolute Gasteiger partial charge is 0.494 e. The Hall–Kier alpha value is -2.47. The van der Waals surface area contributed by atoms with Gasteiger partial charge >= 0.3 is 5.91 Å². The minimum absolute atomic E-state index is 0.0382. The van der Waals surface area contributed by atoms with E-state index in [1.807, 2.05) is 29.7 Å². The third kappa shape index (κ3) is 3.30. The molecule has 0 radical (unpaired) electrons. The van der Waals surface area contributed by atoms with Crippen LogP contribution in [0.15, 0.2) is 36.5 Å². The van der Waals surface area contributed by atoms with Crippen LogP contribution >= 0.6 is 0 Å². The molecule has 20 heavy (non-hydrogen) atoms. The molecule has 2 rings (SSSR count). The molecule has 6 heteroatoms. The van der Waals surface area contributed by atoms with Crippen molar-refractivity contribution in [2.45, 2.75) is 13.3 Å². The predicted molar refractivity (Wildman–Crippen MR) is 74.9 cm³/mol. The van der Waals surface area contributed by atoms with Crippen molar-refractivity contribution in [2.75, 3.05) is 6.61 Å². The minimum atomic E-state index is -0.519. The number of nitrogens with one attached hydrogen (secondary N) is 1. The van der Waals surface area contributed by atoms with Crippen LogP contribution in [0, 0.1) is 0 Å². The maximum atomic E-state index is 11.4. The van der Waals surface area contributed by atoms with Crippen molar-refractivity contribution in [1.29, 1.82) is 0 Å². The van der Waals surface area contributed by atoms with Crippen molar-refractivity contribution in [1.82, 2.24) is 15.4 Å². The fourth-order valence-corrected chi connectivity index (χ4v) is 1.64. The fraction of sp³-hybridized carbons (Fsp3) is 0.214. The van der Waals surface area contributed by atoms with E-state index in [1.54, 1.807) is 6.07 Å². The summed E-state index contributed by atoms with van der Waals surface area (Å²) in [6.07, 6.45) is 2.49. The second-order valence-corrected chi connectivity index (χ2v) is 4.11. The predicted octanol–water partition coefficient (Wildman–Crippen LogP) is 1.54. The van der Waals surface area contributed by atoms with E-state index in [-0.39, 0.29) is 5.82 Å². The SMILES string of the molecule is CCCOc1ccc(-c2ccnc(C(=O)NN)n2)cc1. The van der Waals surface area contributed by atoms with Crippen molar-refractivity contribution in [3.8, 4) is 17.0 Å². The van der Waals surface area contributed by atoms with Crippen molar-refractivity contribution in [2.24, 2.45) is 5.84 Å². The molecule has 0 saturated carbocycles. The Kier molecular flexibility index (Phi) is 4.62. The molecule has 0 spiro atoms. The van der Waals surface area contributed by atoms with Gasteiger partial charge in [0, 0.05) is 11.8 Å². The van der Waals surface area contributed by atoms with Crippen molar-refractivity contribution in [3.05, 3.63) is 42.4 Å². The van der Waals surface area contributed by atoms with Gasteiger partial charge in [0.25, 0.3) is 0 Å². The average Bonchev–Trinajstić information content (AvgIpc) is 2.52. The van der Waals surface area contributed by atoms with Crippen LogP contribution in [-0.4, -0.2) is 22.5 Å². The van der Waals surface area contributed by atoms with Gasteiger partial charge in [-0.05, 0) is 36.8 Å². The second kappa shape index (κ2) is 6.63. The molecule has 1 amide bonds. The lowest BCUT2D eigenvalue weighted by Gasteiger charge is -2.06. The normalized spacial score (nSPS) is 10.1. The Balaban J connectivity index is 2.21. The zero-order valence-corrected chi connectivity index (χ0v) is 11.2. The quantitative estimate of drug-likeness (QED) is 0.489. The van der Waals surface area contributed by atoms with Crippen LogP contribution in [0.5, 0.6) is 5.75 Å². The number of hydrogen-bond donors (Lipinski definition) is 2. The van der Waals surface area contributed by atoms with Gasteiger partial charge in [-0.2, -0.15) is 0 Å². The van der Waals surface area contributed by atoms with Crippen molar-refractivity contribution >= 4 is 5.91 Å². The number of rotatable bonds is 5. The first-order chi connectivity index (χ1) is 9.74. The van der Waals surface area contributed by atoms with E-state index in [0.29, 0.717) is 12.3 Å². The zero-order valence-electron chi connectivity index (χ0n) is 11.2. The lowest BCUT2D eigenvalue weighted by molar-refractivity contribution is 0.0943. The maximum absolute atomic E-state index is 11.4. The molecular weight excluding hydrogens is 256 g/mol. The number of carbonyl (C=O) groups excluding carboxylic acids is 1. The Morgan fingerprint density at radius 3 is 2.70 bits per heavy atom. The molecule has 0 fully saturated rings. The summed E-state index contributed by atoms with van der Waals surface area (Å²) in [5.41, 5.74) is 3.54. The van der Waals surface area contributed by atoms with Crippen LogP contribution in [0.1, 0.15) is 24.0 Å². The minimum Gasteiger partial charge on any atom is -0.494 e. The number of ether oxygens (including phenoxy) is 1. The maximum Gasteiger partial charge on any atom is 0.302 e. The molecule has 0 aliphatic carbocycles. The van der Waals surface area contributed by atoms with Gasteiger partial charge in [-0.15, -0.1) is 0 Å². The first-order valence-electron chi connectivity index (χ1n) is 6.32. The number of carbonyl (C=O) groups is 1. The Morgan fingerprint density at radius 1 is 1.30 bits per heavy atom. The molecule has 0 bridgehead atoms. The van der Waals surface area contributed by atoms with E-state index in [4.69, 9.17) is 10.6 Å². The summed E-state index contributed by atoms with van der Waals surface area (Å²) in [5, 5.41) is 0. The lowest BCUT2D eigenvalue weighted by atomic mass is 10.1. The number of hydrogen-bond acceptors (Lipinski definition) is 5. The van der Waals surface area contributed by atoms with E-state index in [2.05, 4.69) is 16.9 Å². The number of amides is 1. The van der Waals surface area contributed by atoms with Crippen LogP contribution in [0.2, 0.25) is 0 Å². The fourth-order valence-electron chi connectivity index (χ4n) is 1.64. The third-order valence-corrected chi connectivity index (χ3v) is 2.61. The Bertz CT molecular complexity index is 584. The summed E-state index contributed by atoms with van der Waals surface area (Å²) in [4.78, 5) is 19.4. The molecule has 0 aliphatic heterocycles. The van der Waals surface area contributed by atoms with E-state index in [1.165, 1.54) is 6.20 Å². The number of nitrogens with zero attached hydrogens (tertiary/aromatic N) is 2. The molecule has 1 heterocycles. The first-order valence-corrected chi connectivity index (χ1v) is 6.32. The third-order valence-electron chi connectivity index (χ3n) is 2.61. The molecule has 2 aromatic rings. The van der Waals surface area contributed by atoms with Crippen LogP contribution in [-0.2, 0) is 0 Å². The molecule has 0 atom stereocenters. The van der Waals surface area contributed by atoms with Crippen LogP contribution in [0.4, 0.5) is 0 Å². The number of hydrazine groups is 1. The highest BCUT2D eigenvalue weighted by Crippen LogP contribution is 2.20. The summed E-state index contributed by atoms with van der Waals surface area (Å²) in [7, 11) is 0. The average molecular weight is 272 g/mol. The van der Waals surface area contributed by atoms with Crippen LogP contribution in [0.25, 0.3) is 11.3 Å². The zero-order chi connectivity index (χ0) is 14.4. The van der Waals surface area contributed by atoms with E-state index in [0.717, 1.165) is 17.7 Å². The molecule has 6 nitrogen and oxygen atoms in total. The number of benzene rings is 1. The van der Waals surface area contributed by atoms with Gasteiger partial charge in [0.15, 0.2) is 0 Å². The number of nitrogens with two attached hydrogens (primary N) is 1. The summed E-state index contributed by atoms with van der Waals surface area (Å²) < 4.78 is 5.51. The van der Waals surface area contributed by atoms with Crippen molar-refractivity contribution in [3.63, 3.8) is 0 Å². The number of nitrogen functional groups attached to an aromatic ring is 1. The topological polar surface area (TPSA) is 90.1 Å². The molecule has 0 aliphatic rings. The van der Waals surface area contributed by atoms with Crippen LogP contribution < -0.4 is 16.0 Å². The monoisotopic (exact) mass is 272 g/mol. The van der Waals surface area contributed by atoms with E-state index >= 15 is 0 Å². The van der Waals surface area contributed by atoms with Gasteiger partial charge in [-0.3, -0.25) is 10.2 Å². The Morgan fingerprint density at radius 2 is 2.05 bits per heavy atom. The molecule has 1 aromatic heterocycles. The lowest BCUT2D eigenvalue weighted by Crippen LogP contribution is -2.31. The molecule has 1 aromatic carbocycles. The molecule has 0 unspecified atom stereocenters. The molecule has 3 N–H and O–H groups in total. The summed E-state index contributed by atoms with van der Waals surface area (Å²) in [6, 6.07) is 9.25. The van der Waals surface area contributed by atoms with Gasteiger partial charge in [0.1, 0.15) is 5.75 Å². The van der Waals surface area contributed by atoms with Gasteiger partial charge in [-0.1, -0.05) is 6.92 Å². The molecule has 0 saturated heterocycles. The summed E-state index contributed by atoms with van der Waals surface area (Å²) in [5.74, 6) is 5.39. The van der Waals surface area contributed by atoms with Crippen molar-refractivity contribution < 1.29 is 9.53 Å². The van der Waals surface area contributed by atoms with Gasteiger partial charge < -0.3 is 4.74 Å². The van der Waals surface area contributed by atoms with Gasteiger partial charge in [0.05, 0.1) is 12.3 Å². The highest BCUT2D eigenvalue weighted by molar-refractivity contribution is 5.90. The molecular formula is C14H16N4O2. The highest BCUT2D eigenvalue weighted by Gasteiger charge is 2.08. The second-order valence-electron chi connectivity index (χ2n) is 4.11. The van der Waals surface area contributed by atoms with Gasteiger partial charge in [-0.25, -0.2) is 15.8 Å². The smallest absolute Gasteiger partial charge is 0.302 e. The van der Waals surface area contributed by atoms with E-state index < -0.39 is 5.91 Å². The first kappa shape index (κ1) is 14.0. The summed E-state index contributed by atoms with van der Waals surface area (Å²) in [6.45, 7) is 2.74. The standard InChI is InChI=1S/C14H16N4O2/c1-2-9-20-11-5-3-10(4-6-11)12-7-8-16-13(17-12)14(19)18-15/h3-8H,2,9,15H2,1H3,(H,18,19). The van der Waals surface area contributed by atoms with E-state index in [9.17, 15) is 4.79 Å². The van der Waals surface area contributed by atoms with Crippen LogP contribution in [0.3, 0.4) is 0 Å².